The molecule has 2 nitrogen and oxygen atoms in total. The van der Waals surface area contributed by atoms with Crippen molar-refractivity contribution in [2.45, 2.75) is 32.7 Å². The molecule has 0 radical (unpaired) electrons. The first-order valence-electron chi connectivity index (χ1n) is 4.40. The van der Waals surface area contributed by atoms with Crippen LogP contribution in [-0.4, -0.2) is 4.57 Å². The van der Waals surface area contributed by atoms with Crippen LogP contribution >= 0.6 is 0 Å². The van der Waals surface area contributed by atoms with Crippen LogP contribution in [0.15, 0.2) is 18.3 Å². The number of hydrogen-bond donors (Lipinski definition) is 0. The van der Waals surface area contributed by atoms with E-state index >= 15 is 0 Å². The fourth-order valence-electron chi connectivity index (χ4n) is 1.49. The Morgan fingerprint density at radius 3 is 2.67 bits per heavy atom. The van der Waals surface area contributed by atoms with Gasteiger partial charge in [-0.15, -0.1) is 0 Å². The second-order valence-electron chi connectivity index (χ2n) is 2.88. The highest BCUT2D eigenvalue weighted by atomic mass is 15.0. The Labute approximate surface area is 73.4 Å². The number of nitriles is 1. The van der Waals surface area contributed by atoms with E-state index < -0.39 is 0 Å². The molecule has 0 atom stereocenters. The maximum absolute atomic E-state index is 8.78. The lowest BCUT2D eigenvalue weighted by atomic mass is 10.1. The van der Waals surface area contributed by atoms with Gasteiger partial charge in [0.05, 0.1) is 0 Å². The number of nitrogens with zero attached hydrogens (tertiary/aromatic N) is 2. The van der Waals surface area contributed by atoms with Crippen LogP contribution in [0.3, 0.4) is 0 Å². The summed E-state index contributed by atoms with van der Waals surface area (Å²) in [7, 11) is 0. The van der Waals surface area contributed by atoms with Crippen molar-refractivity contribution in [3.05, 3.63) is 24.0 Å². The summed E-state index contributed by atoms with van der Waals surface area (Å²) in [6.07, 6.45) is 4.15. The van der Waals surface area contributed by atoms with Crippen molar-refractivity contribution in [2.75, 3.05) is 0 Å². The minimum absolute atomic E-state index is 0.481. The van der Waals surface area contributed by atoms with Gasteiger partial charge in [0.25, 0.3) is 0 Å². The van der Waals surface area contributed by atoms with Gasteiger partial charge >= 0.3 is 0 Å². The van der Waals surface area contributed by atoms with Gasteiger partial charge in [-0.2, -0.15) is 5.26 Å². The minimum atomic E-state index is 0.481. The lowest BCUT2D eigenvalue weighted by Gasteiger charge is -2.15. The lowest BCUT2D eigenvalue weighted by Crippen LogP contribution is -2.07. The molecule has 0 amide bonds. The summed E-state index contributed by atoms with van der Waals surface area (Å²) < 4.78 is 2.06. The van der Waals surface area contributed by atoms with E-state index in [0.29, 0.717) is 6.04 Å². The molecular weight excluding hydrogens is 148 g/mol. The molecule has 2 heteroatoms. The monoisotopic (exact) mass is 162 g/mol. The van der Waals surface area contributed by atoms with Crippen LogP contribution in [0.25, 0.3) is 0 Å². The van der Waals surface area contributed by atoms with E-state index in [0.717, 1.165) is 18.5 Å². The molecule has 0 spiro atoms. The highest BCUT2D eigenvalue weighted by Crippen LogP contribution is 2.17. The quantitative estimate of drug-likeness (QED) is 0.671. The Kier molecular flexibility index (Phi) is 2.93. The van der Waals surface area contributed by atoms with Crippen molar-refractivity contribution >= 4 is 0 Å². The molecule has 0 aliphatic heterocycles. The molecule has 0 fully saturated rings. The SMILES string of the molecule is CCC(CC)n1cccc1C#N. The van der Waals surface area contributed by atoms with Crippen LogP contribution in [0.2, 0.25) is 0 Å². The third-order valence-corrected chi connectivity index (χ3v) is 2.23. The normalized spacial score (nSPS) is 10.2. The fraction of sp³-hybridized carbons (Fsp3) is 0.500. The zero-order chi connectivity index (χ0) is 8.97. The first kappa shape index (κ1) is 8.86. The minimum Gasteiger partial charge on any atom is -0.336 e. The summed E-state index contributed by atoms with van der Waals surface area (Å²) in [5.41, 5.74) is 0.767. The molecule has 0 aromatic carbocycles. The highest BCUT2D eigenvalue weighted by molar-refractivity contribution is 5.22. The maximum atomic E-state index is 8.78. The zero-order valence-electron chi connectivity index (χ0n) is 7.62. The van der Waals surface area contributed by atoms with E-state index in [1.54, 1.807) is 0 Å². The van der Waals surface area contributed by atoms with E-state index in [9.17, 15) is 0 Å². The molecule has 64 valence electrons. The largest absolute Gasteiger partial charge is 0.336 e. The lowest BCUT2D eigenvalue weighted by molar-refractivity contribution is 0.470. The van der Waals surface area contributed by atoms with E-state index in [4.69, 9.17) is 5.26 Å². The van der Waals surface area contributed by atoms with Crippen LogP contribution in [0, 0.1) is 11.3 Å². The molecule has 1 aromatic heterocycles. The summed E-state index contributed by atoms with van der Waals surface area (Å²) in [5, 5.41) is 8.78. The van der Waals surface area contributed by atoms with Crippen molar-refractivity contribution in [3.8, 4) is 6.07 Å². The zero-order valence-corrected chi connectivity index (χ0v) is 7.62. The van der Waals surface area contributed by atoms with E-state index in [1.807, 2.05) is 18.3 Å². The van der Waals surface area contributed by atoms with Gasteiger partial charge in [-0.05, 0) is 25.0 Å². The molecule has 12 heavy (non-hydrogen) atoms. The van der Waals surface area contributed by atoms with Gasteiger partial charge in [-0.1, -0.05) is 13.8 Å². The molecule has 0 unspecified atom stereocenters. The molecular formula is C10H14N2. The van der Waals surface area contributed by atoms with Gasteiger partial charge in [0.15, 0.2) is 0 Å². The van der Waals surface area contributed by atoms with Crippen LogP contribution in [0.1, 0.15) is 38.4 Å². The average molecular weight is 162 g/mol. The molecule has 1 rings (SSSR count). The Morgan fingerprint density at radius 1 is 1.50 bits per heavy atom. The van der Waals surface area contributed by atoms with Gasteiger partial charge in [0, 0.05) is 12.2 Å². The van der Waals surface area contributed by atoms with Gasteiger partial charge < -0.3 is 4.57 Å². The van der Waals surface area contributed by atoms with E-state index in [2.05, 4.69) is 24.5 Å². The van der Waals surface area contributed by atoms with Gasteiger partial charge in [0.1, 0.15) is 11.8 Å². The highest BCUT2D eigenvalue weighted by Gasteiger charge is 2.08. The average Bonchev–Trinajstić information content (AvgIpc) is 2.55. The fourth-order valence-corrected chi connectivity index (χ4v) is 1.49. The Balaban J connectivity index is 2.93. The van der Waals surface area contributed by atoms with E-state index in [-0.39, 0.29) is 0 Å². The summed E-state index contributed by atoms with van der Waals surface area (Å²) in [4.78, 5) is 0. The Hall–Kier alpha value is -1.23. The maximum Gasteiger partial charge on any atom is 0.120 e. The predicted octanol–water partition coefficient (Wildman–Crippen LogP) is 2.72. The molecule has 0 aliphatic carbocycles. The molecule has 0 saturated heterocycles. The number of rotatable bonds is 3. The molecule has 0 N–H and O–H groups in total. The number of hydrogen-bond acceptors (Lipinski definition) is 1. The standard InChI is InChI=1S/C10H14N2/c1-3-9(4-2)12-7-5-6-10(12)8-11/h5-7,9H,3-4H2,1-2H3. The van der Waals surface area contributed by atoms with Crippen LogP contribution < -0.4 is 0 Å². The topological polar surface area (TPSA) is 28.7 Å². The summed E-state index contributed by atoms with van der Waals surface area (Å²) >= 11 is 0. The third-order valence-electron chi connectivity index (χ3n) is 2.23. The van der Waals surface area contributed by atoms with Crippen LogP contribution in [0.5, 0.6) is 0 Å². The first-order valence-corrected chi connectivity index (χ1v) is 4.40. The van der Waals surface area contributed by atoms with Crippen molar-refractivity contribution in [1.82, 2.24) is 4.57 Å². The number of aromatic nitrogens is 1. The molecule has 0 saturated carbocycles. The Bertz CT molecular complexity index is 276. The predicted molar refractivity (Wildman–Crippen MR) is 48.8 cm³/mol. The second-order valence-corrected chi connectivity index (χ2v) is 2.88. The van der Waals surface area contributed by atoms with Crippen molar-refractivity contribution in [1.29, 1.82) is 5.26 Å². The molecule has 0 bridgehead atoms. The van der Waals surface area contributed by atoms with Crippen molar-refractivity contribution in [2.24, 2.45) is 0 Å². The van der Waals surface area contributed by atoms with Gasteiger partial charge in [0.2, 0.25) is 0 Å². The Morgan fingerprint density at radius 2 is 2.17 bits per heavy atom. The second kappa shape index (κ2) is 3.96. The van der Waals surface area contributed by atoms with Crippen LogP contribution in [0.4, 0.5) is 0 Å². The van der Waals surface area contributed by atoms with Crippen LogP contribution in [-0.2, 0) is 0 Å². The first-order chi connectivity index (χ1) is 5.83. The summed E-state index contributed by atoms with van der Waals surface area (Å²) in [6.45, 7) is 4.30. The smallest absolute Gasteiger partial charge is 0.120 e. The third kappa shape index (κ3) is 1.50. The molecule has 0 aliphatic rings. The van der Waals surface area contributed by atoms with E-state index in [1.165, 1.54) is 0 Å². The van der Waals surface area contributed by atoms with Crippen molar-refractivity contribution in [3.63, 3.8) is 0 Å². The summed E-state index contributed by atoms with van der Waals surface area (Å²) in [6, 6.07) is 6.46. The van der Waals surface area contributed by atoms with Gasteiger partial charge in [-0.3, -0.25) is 0 Å². The van der Waals surface area contributed by atoms with Crippen molar-refractivity contribution < 1.29 is 0 Å². The molecule has 1 aromatic rings. The molecule has 1 heterocycles. The van der Waals surface area contributed by atoms with Gasteiger partial charge in [-0.25, -0.2) is 0 Å². The summed E-state index contributed by atoms with van der Waals surface area (Å²) in [5.74, 6) is 0.